The number of benzene rings is 1. The summed E-state index contributed by atoms with van der Waals surface area (Å²) < 4.78 is 20.9. The molecule has 1 aromatic heterocycles. The minimum Gasteiger partial charge on any atom is -0.467 e. The molecule has 0 saturated carbocycles. The van der Waals surface area contributed by atoms with Crippen LogP contribution in [0.1, 0.15) is 73.9 Å². The molecule has 0 bridgehead atoms. The first-order valence-electron chi connectivity index (χ1n) is 12.8. The van der Waals surface area contributed by atoms with Crippen molar-refractivity contribution in [3.63, 3.8) is 0 Å². The van der Waals surface area contributed by atoms with Crippen molar-refractivity contribution in [3.05, 3.63) is 52.8 Å². The van der Waals surface area contributed by atoms with Crippen LogP contribution in [0.5, 0.6) is 0 Å². The number of alkyl carbamates (subject to hydrolysis) is 1. The van der Waals surface area contributed by atoms with Crippen molar-refractivity contribution in [1.29, 1.82) is 0 Å². The van der Waals surface area contributed by atoms with Crippen LogP contribution in [0.4, 0.5) is 9.59 Å². The summed E-state index contributed by atoms with van der Waals surface area (Å²) in [6.45, 7) is 7.44. The van der Waals surface area contributed by atoms with Gasteiger partial charge in [0.25, 0.3) is 0 Å². The van der Waals surface area contributed by atoms with Gasteiger partial charge in [0, 0.05) is 24.2 Å². The van der Waals surface area contributed by atoms with E-state index in [0.717, 1.165) is 5.56 Å². The first kappa shape index (κ1) is 29.5. The standard InChI is InChI=1S/C27H36N4O8/c1-6-37-24(33)22-21-18(29-30-22)14-15-31(26(35)39-27(2,3)4)20(21)13-12-19(23(32)36-5)28-25(34)38-16-17-10-8-7-9-11-17/h7-11,19-20H,6,12-16H2,1-5H3,(H,28,34)(H,29,30). The number of nitrogens with one attached hydrogen (secondary N) is 2. The molecule has 2 N–H and O–H groups in total. The molecule has 3 rings (SSSR count). The van der Waals surface area contributed by atoms with Crippen molar-refractivity contribution in [2.45, 2.75) is 71.2 Å². The average molecular weight is 545 g/mol. The number of hydrogen-bond donors (Lipinski definition) is 2. The number of aromatic nitrogens is 2. The molecule has 2 amide bonds. The molecular formula is C27H36N4O8. The van der Waals surface area contributed by atoms with Crippen LogP contribution in [0, 0.1) is 0 Å². The van der Waals surface area contributed by atoms with Crippen molar-refractivity contribution >= 4 is 24.1 Å². The number of amides is 2. The molecule has 39 heavy (non-hydrogen) atoms. The van der Waals surface area contributed by atoms with Gasteiger partial charge in [-0.05, 0) is 46.1 Å². The molecule has 0 radical (unpaired) electrons. The molecule has 12 heteroatoms. The third-order valence-corrected chi connectivity index (χ3v) is 6.01. The maximum absolute atomic E-state index is 13.2. The Balaban J connectivity index is 1.81. The third-order valence-electron chi connectivity index (χ3n) is 6.01. The number of esters is 2. The number of fused-ring (bicyclic) bond motifs is 1. The van der Waals surface area contributed by atoms with Crippen LogP contribution in [-0.2, 0) is 36.8 Å². The fourth-order valence-corrected chi connectivity index (χ4v) is 4.30. The van der Waals surface area contributed by atoms with Crippen LogP contribution < -0.4 is 5.32 Å². The lowest BCUT2D eigenvalue weighted by atomic mass is 9.91. The molecule has 0 fully saturated rings. The molecule has 0 aliphatic carbocycles. The highest BCUT2D eigenvalue weighted by atomic mass is 16.6. The number of aromatic amines is 1. The monoisotopic (exact) mass is 544 g/mol. The Hall–Kier alpha value is -4.09. The van der Waals surface area contributed by atoms with Gasteiger partial charge in [0.1, 0.15) is 18.2 Å². The van der Waals surface area contributed by atoms with Crippen LogP contribution in [0.25, 0.3) is 0 Å². The molecule has 0 saturated heterocycles. The quantitative estimate of drug-likeness (QED) is 0.356. The van der Waals surface area contributed by atoms with E-state index in [-0.39, 0.29) is 31.7 Å². The molecule has 212 valence electrons. The lowest BCUT2D eigenvalue weighted by Gasteiger charge is -2.37. The molecule has 0 spiro atoms. The molecular weight excluding hydrogens is 508 g/mol. The average Bonchev–Trinajstić information content (AvgIpc) is 3.33. The Morgan fingerprint density at radius 1 is 1.15 bits per heavy atom. The normalized spacial score (nSPS) is 15.5. The number of hydrogen-bond acceptors (Lipinski definition) is 9. The third kappa shape index (κ3) is 7.95. The zero-order valence-electron chi connectivity index (χ0n) is 22.9. The second kappa shape index (κ2) is 13.1. The van der Waals surface area contributed by atoms with Gasteiger partial charge < -0.3 is 29.2 Å². The Kier molecular flexibility index (Phi) is 9.91. The predicted molar refractivity (Wildman–Crippen MR) is 139 cm³/mol. The van der Waals surface area contributed by atoms with E-state index < -0.39 is 41.8 Å². The lowest BCUT2D eigenvalue weighted by molar-refractivity contribution is -0.143. The van der Waals surface area contributed by atoms with Crippen molar-refractivity contribution in [1.82, 2.24) is 20.4 Å². The van der Waals surface area contributed by atoms with Crippen LogP contribution in [0.2, 0.25) is 0 Å². The Morgan fingerprint density at radius 2 is 1.87 bits per heavy atom. The van der Waals surface area contributed by atoms with Crippen LogP contribution >= 0.6 is 0 Å². The maximum atomic E-state index is 13.2. The molecule has 2 aromatic rings. The van der Waals surface area contributed by atoms with E-state index in [1.807, 2.05) is 30.3 Å². The van der Waals surface area contributed by atoms with Gasteiger partial charge in [-0.1, -0.05) is 30.3 Å². The summed E-state index contributed by atoms with van der Waals surface area (Å²) in [4.78, 5) is 52.4. The number of ether oxygens (including phenoxy) is 4. The topological polar surface area (TPSA) is 149 Å². The van der Waals surface area contributed by atoms with E-state index in [1.54, 1.807) is 27.7 Å². The van der Waals surface area contributed by atoms with Crippen molar-refractivity contribution in [2.24, 2.45) is 0 Å². The van der Waals surface area contributed by atoms with Crippen LogP contribution in [0.3, 0.4) is 0 Å². The van der Waals surface area contributed by atoms with Gasteiger partial charge >= 0.3 is 24.1 Å². The van der Waals surface area contributed by atoms with E-state index >= 15 is 0 Å². The highest BCUT2D eigenvalue weighted by Gasteiger charge is 2.39. The van der Waals surface area contributed by atoms with Crippen LogP contribution in [-0.4, -0.2) is 71.1 Å². The number of carbonyl (C=O) groups is 4. The van der Waals surface area contributed by atoms with Gasteiger partial charge in [-0.25, -0.2) is 19.2 Å². The highest BCUT2D eigenvalue weighted by Crippen LogP contribution is 2.36. The summed E-state index contributed by atoms with van der Waals surface area (Å²) >= 11 is 0. The van der Waals surface area contributed by atoms with E-state index in [4.69, 9.17) is 18.9 Å². The highest BCUT2D eigenvalue weighted by molar-refractivity contribution is 5.90. The Labute approximate surface area is 227 Å². The summed E-state index contributed by atoms with van der Waals surface area (Å²) in [7, 11) is 1.22. The number of methoxy groups -OCH3 is 1. The summed E-state index contributed by atoms with van der Waals surface area (Å²) in [6.07, 6.45) is -0.694. The van der Waals surface area contributed by atoms with Gasteiger partial charge in [-0.15, -0.1) is 0 Å². The SMILES string of the molecule is CCOC(=O)c1n[nH]c2c1C(CCC(NC(=O)OCc1ccccc1)C(=O)OC)N(C(=O)OC(C)(C)C)CC2. The van der Waals surface area contributed by atoms with Gasteiger partial charge in [0.15, 0.2) is 5.69 Å². The van der Waals surface area contributed by atoms with E-state index in [9.17, 15) is 19.2 Å². The van der Waals surface area contributed by atoms with Crippen LogP contribution in [0.15, 0.2) is 30.3 Å². The summed E-state index contributed by atoms with van der Waals surface area (Å²) in [5.74, 6) is -1.30. The number of carbonyl (C=O) groups excluding carboxylic acids is 4. The maximum Gasteiger partial charge on any atom is 0.410 e. The molecule has 2 heterocycles. The molecule has 1 aliphatic heterocycles. The Morgan fingerprint density at radius 3 is 2.51 bits per heavy atom. The minimum absolute atomic E-state index is 0.0247. The summed E-state index contributed by atoms with van der Waals surface area (Å²) in [5, 5.41) is 9.58. The predicted octanol–water partition coefficient (Wildman–Crippen LogP) is 3.67. The second-order valence-corrected chi connectivity index (χ2v) is 9.98. The first-order valence-corrected chi connectivity index (χ1v) is 12.8. The molecule has 1 aliphatic rings. The minimum atomic E-state index is -1.07. The second-order valence-electron chi connectivity index (χ2n) is 9.98. The van der Waals surface area contributed by atoms with E-state index in [0.29, 0.717) is 24.2 Å². The van der Waals surface area contributed by atoms with Gasteiger partial charge in [0.05, 0.1) is 19.8 Å². The van der Waals surface area contributed by atoms with Crippen molar-refractivity contribution in [2.75, 3.05) is 20.3 Å². The lowest BCUT2D eigenvalue weighted by Crippen LogP contribution is -2.45. The van der Waals surface area contributed by atoms with Gasteiger partial charge in [-0.3, -0.25) is 5.10 Å². The van der Waals surface area contributed by atoms with Crippen molar-refractivity contribution < 1.29 is 38.1 Å². The molecule has 2 unspecified atom stereocenters. The van der Waals surface area contributed by atoms with E-state index in [2.05, 4.69) is 15.5 Å². The smallest absolute Gasteiger partial charge is 0.410 e. The first-order chi connectivity index (χ1) is 18.5. The summed E-state index contributed by atoms with van der Waals surface area (Å²) in [6, 6.07) is 7.36. The fraction of sp³-hybridized carbons (Fsp3) is 0.519. The molecule has 1 aromatic carbocycles. The number of rotatable bonds is 9. The van der Waals surface area contributed by atoms with Gasteiger partial charge in [-0.2, -0.15) is 5.10 Å². The Bertz CT molecular complexity index is 1160. The molecule has 2 atom stereocenters. The fourth-order valence-electron chi connectivity index (χ4n) is 4.30. The largest absolute Gasteiger partial charge is 0.467 e. The van der Waals surface area contributed by atoms with E-state index in [1.165, 1.54) is 12.0 Å². The van der Waals surface area contributed by atoms with Crippen molar-refractivity contribution in [3.8, 4) is 0 Å². The van der Waals surface area contributed by atoms with Gasteiger partial charge in [0.2, 0.25) is 0 Å². The number of H-pyrrole nitrogens is 1. The summed E-state index contributed by atoms with van der Waals surface area (Å²) in [5.41, 5.74) is 1.29. The number of nitrogens with zero attached hydrogens (tertiary/aromatic N) is 2. The molecule has 12 nitrogen and oxygen atoms in total. The zero-order chi connectivity index (χ0) is 28.6. The zero-order valence-corrected chi connectivity index (χ0v) is 22.9.